The molecule has 0 aromatic heterocycles. The Morgan fingerprint density at radius 1 is 0.313 bits per heavy atom. The van der Waals surface area contributed by atoms with Gasteiger partial charge in [0, 0.05) is 19.3 Å². The summed E-state index contributed by atoms with van der Waals surface area (Å²) in [5.41, 5.74) is 0. The van der Waals surface area contributed by atoms with Crippen molar-refractivity contribution in [3.63, 3.8) is 0 Å². The minimum absolute atomic E-state index is 0.0630. The largest absolute Gasteiger partial charge is 0.462 e. The second-order valence-electron chi connectivity index (χ2n) is 21.7. The number of carbonyl (C=O) groups excluding carboxylic acids is 3. The molecule has 0 aliphatic heterocycles. The van der Waals surface area contributed by atoms with E-state index in [9.17, 15) is 14.4 Å². The van der Waals surface area contributed by atoms with Crippen molar-refractivity contribution in [3.05, 3.63) is 0 Å². The third-order valence-corrected chi connectivity index (χ3v) is 14.3. The highest BCUT2D eigenvalue weighted by molar-refractivity contribution is 5.71. The lowest BCUT2D eigenvalue weighted by atomic mass is 9.99. The fraction of sp³-hybridized carbons (Fsp3) is 0.951. The summed E-state index contributed by atoms with van der Waals surface area (Å²) in [4.78, 5) is 38.1. The van der Waals surface area contributed by atoms with Crippen LogP contribution < -0.4 is 0 Å². The van der Waals surface area contributed by atoms with Crippen molar-refractivity contribution in [3.8, 4) is 0 Å². The van der Waals surface area contributed by atoms with Crippen molar-refractivity contribution in [1.82, 2.24) is 0 Å². The molecule has 0 saturated carbocycles. The van der Waals surface area contributed by atoms with Gasteiger partial charge in [-0.15, -0.1) is 0 Å². The molecule has 0 spiro atoms. The number of ether oxygens (including phenoxy) is 3. The molecule has 67 heavy (non-hydrogen) atoms. The molecule has 2 atom stereocenters. The van der Waals surface area contributed by atoms with E-state index in [1.807, 2.05) is 0 Å². The van der Waals surface area contributed by atoms with Crippen LogP contribution in [0.3, 0.4) is 0 Å². The zero-order valence-corrected chi connectivity index (χ0v) is 46.0. The summed E-state index contributed by atoms with van der Waals surface area (Å²) >= 11 is 0. The molecular formula is C61H118O6. The number of hydrogen-bond donors (Lipinski definition) is 0. The van der Waals surface area contributed by atoms with Crippen molar-refractivity contribution < 1.29 is 28.6 Å². The molecule has 0 rings (SSSR count). The van der Waals surface area contributed by atoms with Crippen LogP contribution in [-0.4, -0.2) is 37.2 Å². The summed E-state index contributed by atoms with van der Waals surface area (Å²) in [6, 6.07) is 0. The highest BCUT2D eigenvalue weighted by Crippen LogP contribution is 2.19. The molecule has 0 fully saturated rings. The number of hydrogen-bond acceptors (Lipinski definition) is 6. The van der Waals surface area contributed by atoms with Gasteiger partial charge in [-0.1, -0.05) is 304 Å². The SMILES string of the molecule is CCCCCCCCCCCCCCCCCCCC(=O)O[C@H](COC(=O)CCCCCCCCCCCCCCCCCCCCC(C)CC)COC(=O)CCCCCCCCCC(C)C. The smallest absolute Gasteiger partial charge is 0.306 e. The van der Waals surface area contributed by atoms with E-state index < -0.39 is 6.10 Å². The first kappa shape index (κ1) is 65.4. The molecular weight excluding hydrogens is 829 g/mol. The summed E-state index contributed by atoms with van der Waals surface area (Å²) in [6.45, 7) is 11.4. The quantitative estimate of drug-likeness (QED) is 0.0343. The molecule has 0 aromatic rings. The molecule has 0 bridgehead atoms. The molecule has 0 aliphatic rings. The van der Waals surface area contributed by atoms with Crippen molar-refractivity contribution >= 4 is 17.9 Å². The van der Waals surface area contributed by atoms with Gasteiger partial charge in [0.05, 0.1) is 0 Å². The number of rotatable bonds is 55. The van der Waals surface area contributed by atoms with Gasteiger partial charge in [-0.2, -0.15) is 0 Å². The van der Waals surface area contributed by atoms with Gasteiger partial charge in [0.1, 0.15) is 13.2 Å². The average Bonchev–Trinajstić information content (AvgIpc) is 3.31. The Balaban J connectivity index is 4.19. The predicted octanol–water partition coefficient (Wildman–Crippen LogP) is 20.0. The van der Waals surface area contributed by atoms with Crippen LogP contribution in [0.2, 0.25) is 0 Å². The molecule has 0 amide bonds. The van der Waals surface area contributed by atoms with E-state index in [2.05, 4.69) is 34.6 Å². The van der Waals surface area contributed by atoms with E-state index in [-0.39, 0.29) is 31.1 Å². The molecule has 1 unspecified atom stereocenters. The zero-order chi connectivity index (χ0) is 48.9. The van der Waals surface area contributed by atoms with Gasteiger partial charge >= 0.3 is 17.9 Å². The Kier molecular flexibility index (Phi) is 52.5. The fourth-order valence-corrected chi connectivity index (χ4v) is 9.37. The monoisotopic (exact) mass is 947 g/mol. The Labute approximate surface area is 418 Å². The minimum atomic E-state index is -0.763. The van der Waals surface area contributed by atoms with Crippen molar-refractivity contribution in [2.24, 2.45) is 11.8 Å². The Morgan fingerprint density at radius 3 is 0.851 bits per heavy atom. The molecule has 398 valence electrons. The summed E-state index contributed by atoms with van der Waals surface area (Å²) in [6.07, 6.45) is 58.2. The maximum Gasteiger partial charge on any atom is 0.306 e. The molecule has 0 N–H and O–H groups in total. The highest BCUT2D eigenvalue weighted by Gasteiger charge is 2.19. The second kappa shape index (κ2) is 53.8. The van der Waals surface area contributed by atoms with E-state index in [1.165, 1.54) is 231 Å². The van der Waals surface area contributed by atoms with E-state index in [0.29, 0.717) is 19.3 Å². The van der Waals surface area contributed by atoms with Crippen LogP contribution in [0.25, 0.3) is 0 Å². The molecule has 0 saturated heterocycles. The van der Waals surface area contributed by atoms with Gasteiger partial charge in [-0.3, -0.25) is 14.4 Å². The van der Waals surface area contributed by atoms with Crippen LogP contribution in [0, 0.1) is 11.8 Å². The van der Waals surface area contributed by atoms with Crippen LogP contribution in [0.5, 0.6) is 0 Å². The Hall–Kier alpha value is -1.59. The number of esters is 3. The van der Waals surface area contributed by atoms with Crippen molar-refractivity contribution in [1.29, 1.82) is 0 Å². The Bertz CT molecular complexity index is 1030. The van der Waals surface area contributed by atoms with Crippen LogP contribution >= 0.6 is 0 Å². The summed E-state index contributed by atoms with van der Waals surface area (Å²) < 4.78 is 16.9. The van der Waals surface area contributed by atoms with Crippen molar-refractivity contribution in [2.45, 2.75) is 349 Å². The fourth-order valence-electron chi connectivity index (χ4n) is 9.37. The lowest BCUT2D eigenvalue weighted by molar-refractivity contribution is -0.167. The summed E-state index contributed by atoms with van der Waals surface area (Å²) in [5, 5.41) is 0. The minimum Gasteiger partial charge on any atom is -0.462 e. The maximum absolute atomic E-state index is 12.9. The van der Waals surface area contributed by atoms with Gasteiger partial charge in [0.25, 0.3) is 0 Å². The Morgan fingerprint density at radius 2 is 0.567 bits per heavy atom. The van der Waals surface area contributed by atoms with E-state index in [1.54, 1.807) is 0 Å². The van der Waals surface area contributed by atoms with Gasteiger partial charge in [-0.25, -0.2) is 0 Å². The molecule has 6 heteroatoms. The first-order valence-corrected chi connectivity index (χ1v) is 30.3. The lowest BCUT2D eigenvalue weighted by Crippen LogP contribution is -2.30. The molecule has 6 nitrogen and oxygen atoms in total. The maximum atomic E-state index is 12.9. The lowest BCUT2D eigenvalue weighted by Gasteiger charge is -2.18. The standard InChI is InChI=1S/C61H118O6/c1-6-8-9-10-11-12-13-14-15-18-23-26-29-32-37-43-48-53-61(64)67-58(55-66-60(63)52-47-42-38-33-34-39-44-49-56(3)4)54-65-59(62)51-46-41-36-31-28-25-22-20-17-16-19-21-24-27-30-35-40-45-50-57(5)7-2/h56-58H,6-55H2,1-5H3/t57?,58-/m1/s1. The summed E-state index contributed by atoms with van der Waals surface area (Å²) in [7, 11) is 0. The van der Waals surface area contributed by atoms with Gasteiger partial charge in [-0.05, 0) is 31.1 Å². The third kappa shape index (κ3) is 53.6. The number of unbranched alkanes of at least 4 members (excludes halogenated alkanes) is 39. The van der Waals surface area contributed by atoms with Crippen LogP contribution in [0.4, 0.5) is 0 Å². The van der Waals surface area contributed by atoms with Gasteiger partial charge in [0.2, 0.25) is 0 Å². The van der Waals surface area contributed by atoms with E-state index in [4.69, 9.17) is 14.2 Å². The van der Waals surface area contributed by atoms with Gasteiger partial charge in [0.15, 0.2) is 6.10 Å². The highest BCUT2D eigenvalue weighted by atomic mass is 16.6. The second-order valence-corrected chi connectivity index (χ2v) is 21.7. The third-order valence-electron chi connectivity index (χ3n) is 14.3. The first-order chi connectivity index (χ1) is 32.8. The van der Waals surface area contributed by atoms with Crippen LogP contribution in [-0.2, 0) is 28.6 Å². The molecule has 0 aromatic carbocycles. The average molecular weight is 948 g/mol. The number of carbonyl (C=O) groups is 3. The van der Waals surface area contributed by atoms with E-state index >= 15 is 0 Å². The van der Waals surface area contributed by atoms with Crippen molar-refractivity contribution in [2.75, 3.05) is 13.2 Å². The topological polar surface area (TPSA) is 78.9 Å². The van der Waals surface area contributed by atoms with Crippen LogP contribution in [0.1, 0.15) is 343 Å². The van der Waals surface area contributed by atoms with Crippen LogP contribution in [0.15, 0.2) is 0 Å². The molecule has 0 heterocycles. The van der Waals surface area contributed by atoms with E-state index in [0.717, 1.165) is 69.6 Å². The molecule has 0 radical (unpaired) electrons. The van der Waals surface area contributed by atoms with Gasteiger partial charge < -0.3 is 14.2 Å². The first-order valence-electron chi connectivity index (χ1n) is 30.3. The predicted molar refractivity (Wildman–Crippen MR) is 289 cm³/mol. The molecule has 0 aliphatic carbocycles. The zero-order valence-electron chi connectivity index (χ0n) is 46.0. The normalized spacial score (nSPS) is 12.4. The summed E-state index contributed by atoms with van der Waals surface area (Å²) in [5.74, 6) is 0.851.